The fourth-order valence-corrected chi connectivity index (χ4v) is 2.10. The first-order valence-corrected chi connectivity index (χ1v) is 6.36. The molecule has 0 heterocycles. The Morgan fingerprint density at radius 3 is 2.30 bits per heavy atom. The molecule has 0 aliphatic carbocycles. The molecular formula is C14H9BrFNO3. The molecule has 0 saturated heterocycles. The van der Waals surface area contributed by atoms with Crippen molar-refractivity contribution in [3.63, 3.8) is 0 Å². The van der Waals surface area contributed by atoms with Crippen molar-refractivity contribution in [2.24, 2.45) is 0 Å². The van der Waals surface area contributed by atoms with Crippen molar-refractivity contribution in [3.05, 3.63) is 63.9 Å². The third-order valence-electron chi connectivity index (χ3n) is 2.57. The fraction of sp³-hybridized carbons (Fsp3) is 0. The summed E-state index contributed by atoms with van der Waals surface area (Å²) in [6.45, 7) is 0. The number of aromatic carboxylic acids is 1. The van der Waals surface area contributed by atoms with Gasteiger partial charge in [-0.05, 0) is 58.4 Å². The van der Waals surface area contributed by atoms with E-state index in [4.69, 9.17) is 5.11 Å². The number of halogens is 2. The molecule has 20 heavy (non-hydrogen) atoms. The first kappa shape index (κ1) is 14.2. The predicted molar refractivity (Wildman–Crippen MR) is 75.5 cm³/mol. The maximum absolute atomic E-state index is 12.9. The molecule has 1 amide bonds. The number of nitrogens with one attached hydrogen (secondary N) is 1. The Morgan fingerprint density at radius 1 is 1.10 bits per heavy atom. The molecule has 6 heteroatoms. The van der Waals surface area contributed by atoms with Crippen molar-refractivity contribution in [3.8, 4) is 0 Å². The van der Waals surface area contributed by atoms with Crippen molar-refractivity contribution in [1.29, 1.82) is 0 Å². The number of carbonyl (C=O) groups excluding carboxylic acids is 1. The largest absolute Gasteiger partial charge is 0.478 e. The minimum Gasteiger partial charge on any atom is -0.478 e. The SMILES string of the molecule is O=C(O)c1ccc(NC(=O)c2ccc(F)cc2Br)cc1. The van der Waals surface area contributed by atoms with Crippen LogP contribution in [0, 0.1) is 5.82 Å². The van der Waals surface area contributed by atoms with Crippen molar-refractivity contribution in [2.75, 3.05) is 5.32 Å². The number of rotatable bonds is 3. The molecule has 0 radical (unpaired) electrons. The zero-order valence-corrected chi connectivity index (χ0v) is 11.6. The summed E-state index contributed by atoms with van der Waals surface area (Å²) >= 11 is 3.11. The van der Waals surface area contributed by atoms with Crippen LogP contribution < -0.4 is 5.32 Å². The first-order chi connectivity index (χ1) is 9.47. The summed E-state index contributed by atoms with van der Waals surface area (Å²) in [4.78, 5) is 22.7. The summed E-state index contributed by atoms with van der Waals surface area (Å²) in [6.07, 6.45) is 0. The molecule has 2 aromatic carbocycles. The number of anilines is 1. The molecule has 2 N–H and O–H groups in total. The molecule has 0 spiro atoms. The molecule has 102 valence electrons. The lowest BCUT2D eigenvalue weighted by Crippen LogP contribution is -2.12. The van der Waals surface area contributed by atoms with Crippen molar-refractivity contribution >= 4 is 33.5 Å². The van der Waals surface area contributed by atoms with Gasteiger partial charge in [0.1, 0.15) is 5.82 Å². The van der Waals surface area contributed by atoms with E-state index in [1.165, 1.54) is 42.5 Å². The lowest BCUT2D eigenvalue weighted by molar-refractivity contribution is 0.0696. The monoisotopic (exact) mass is 337 g/mol. The number of carboxylic acids is 1. The number of amides is 1. The van der Waals surface area contributed by atoms with Gasteiger partial charge in [0.2, 0.25) is 0 Å². The standard InChI is InChI=1S/C14H9BrFNO3/c15-12-7-9(16)3-6-11(12)13(18)17-10-4-1-8(2-5-10)14(19)20/h1-7H,(H,17,18)(H,19,20). The van der Waals surface area contributed by atoms with E-state index in [2.05, 4.69) is 21.2 Å². The lowest BCUT2D eigenvalue weighted by Gasteiger charge is -2.07. The van der Waals surface area contributed by atoms with Crippen molar-refractivity contribution in [2.45, 2.75) is 0 Å². The van der Waals surface area contributed by atoms with Gasteiger partial charge in [0.25, 0.3) is 5.91 Å². The van der Waals surface area contributed by atoms with E-state index in [0.29, 0.717) is 10.2 Å². The maximum atomic E-state index is 12.9. The Bertz CT molecular complexity index is 671. The van der Waals surface area contributed by atoms with Crippen molar-refractivity contribution < 1.29 is 19.1 Å². The normalized spacial score (nSPS) is 10.1. The minimum absolute atomic E-state index is 0.131. The molecule has 0 atom stereocenters. The average Bonchev–Trinajstić information content (AvgIpc) is 2.39. The zero-order chi connectivity index (χ0) is 14.7. The van der Waals surface area contributed by atoms with Gasteiger partial charge in [0.15, 0.2) is 0 Å². The van der Waals surface area contributed by atoms with Crippen LogP contribution in [-0.2, 0) is 0 Å². The van der Waals surface area contributed by atoms with Gasteiger partial charge in [-0.1, -0.05) is 0 Å². The smallest absolute Gasteiger partial charge is 0.335 e. The number of hydrogen-bond donors (Lipinski definition) is 2. The summed E-state index contributed by atoms with van der Waals surface area (Å²) in [5, 5.41) is 11.4. The van der Waals surface area contributed by atoms with Gasteiger partial charge in [-0.2, -0.15) is 0 Å². The molecule has 0 unspecified atom stereocenters. The van der Waals surface area contributed by atoms with Crippen LogP contribution in [0.5, 0.6) is 0 Å². The average molecular weight is 338 g/mol. The molecule has 2 aromatic rings. The summed E-state index contributed by atoms with van der Waals surface area (Å²) in [6, 6.07) is 9.49. The van der Waals surface area contributed by atoms with E-state index in [0.717, 1.165) is 0 Å². The molecule has 0 aliphatic heterocycles. The third kappa shape index (κ3) is 3.21. The Balaban J connectivity index is 2.17. The molecule has 0 fully saturated rings. The van der Waals surface area contributed by atoms with Crippen LogP contribution in [-0.4, -0.2) is 17.0 Å². The quantitative estimate of drug-likeness (QED) is 0.900. The Hall–Kier alpha value is -2.21. The van der Waals surface area contributed by atoms with Gasteiger partial charge in [-0.3, -0.25) is 4.79 Å². The molecule has 2 rings (SSSR count). The molecular weight excluding hydrogens is 329 g/mol. The Labute approximate surface area is 122 Å². The highest BCUT2D eigenvalue weighted by atomic mass is 79.9. The lowest BCUT2D eigenvalue weighted by atomic mass is 10.2. The predicted octanol–water partition coefficient (Wildman–Crippen LogP) is 3.54. The van der Waals surface area contributed by atoms with E-state index >= 15 is 0 Å². The van der Waals surface area contributed by atoms with Gasteiger partial charge in [-0.25, -0.2) is 9.18 Å². The Kier molecular flexibility index (Phi) is 4.14. The third-order valence-corrected chi connectivity index (χ3v) is 3.22. The van der Waals surface area contributed by atoms with Gasteiger partial charge in [-0.15, -0.1) is 0 Å². The maximum Gasteiger partial charge on any atom is 0.335 e. The highest BCUT2D eigenvalue weighted by Crippen LogP contribution is 2.19. The van der Waals surface area contributed by atoms with Crippen LogP contribution in [0.3, 0.4) is 0 Å². The van der Waals surface area contributed by atoms with Crippen LogP contribution in [0.25, 0.3) is 0 Å². The Morgan fingerprint density at radius 2 is 1.75 bits per heavy atom. The first-order valence-electron chi connectivity index (χ1n) is 5.57. The number of carbonyl (C=O) groups is 2. The zero-order valence-electron chi connectivity index (χ0n) is 10.1. The van der Waals surface area contributed by atoms with E-state index in [-0.39, 0.29) is 11.1 Å². The van der Waals surface area contributed by atoms with Gasteiger partial charge < -0.3 is 10.4 Å². The summed E-state index contributed by atoms with van der Waals surface area (Å²) in [5.74, 6) is -1.90. The van der Waals surface area contributed by atoms with Gasteiger partial charge in [0.05, 0.1) is 11.1 Å². The second kappa shape index (κ2) is 5.83. The second-order valence-corrected chi connectivity index (χ2v) is 4.82. The van der Waals surface area contributed by atoms with Crippen LogP contribution in [0.4, 0.5) is 10.1 Å². The summed E-state index contributed by atoms with van der Waals surface area (Å²) in [7, 11) is 0. The van der Waals surface area contributed by atoms with Crippen LogP contribution in [0.2, 0.25) is 0 Å². The van der Waals surface area contributed by atoms with Gasteiger partial charge >= 0.3 is 5.97 Å². The molecule has 0 saturated carbocycles. The minimum atomic E-state index is -1.04. The van der Waals surface area contributed by atoms with Crippen LogP contribution >= 0.6 is 15.9 Å². The molecule has 4 nitrogen and oxygen atoms in total. The van der Waals surface area contributed by atoms with Crippen molar-refractivity contribution in [1.82, 2.24) is 0 Å². The second-order valence-electron chi connectivity index (χ2n) is 3.96. The number of hydrogen-bond acceptors (Lipinski definition) is 2. The summed E-state index contributed by atoms with van der Waals surface area (Å²) in [5.41, 5.74) is 0.871. The molecule has 0 aromatic heterocycles. The van der Waals surface area contributed by atoms with Crippen LogP contribution in [0.15, 0.2) is 46.9 Å². The highest BCUT2D eigenvalue weighted by molar-refractivity contribution is 9.10. The fourth-order valence-electron chi connectivity index (χ4n) is 1.57. The summed E-state index contributed by atoms with van der Waals surface area (Å²) < 4.78 is 13.3. The number of carboxylic acid groups (broad SMARTS) is 1. The molecule has 0 bridgehead atoms. The molecule has 0 aliphatic rings. The van der Waals surface area contributed by atoms with E-state index < -0.39 is 17.7 Å². The van der Waals surface area contributed by atoms with Crippen LogP contribution in [0.1, 0.15) is 20.7 Å². The van der Waals surface area contributed by atoms with Gasteiger partial charge in [0, 0.05) is 10.2 Å². The van der Waals surface area contributed by atoms with E-state index in [1.54, 1.807) is 0 Å². The van der Waals surface area contributed by atoms with E-state index in [1.807, 2.05) is 0 Å². The topological polar surface area (TPSA) is 66.4 Å². The highest BCUT2D eigenvalue weighted by Gasteiger charge is 2.11. The van der Waals surface area contributed by atoms with E-state index in [9.17, 15) is 14.0 Å². The number of benzene rings is 2.